The van der Waals surface area contributed by atoms with Crippen LogP contribution in [0.25, 0.3) is 0 Å². The summed E-state index contributed by atoms with van der Waals surface area (Å²) in [5, 5.41) is 4.23. The smallest absolute Gasteiger partial charge is 0.136 e. The molecule has 1 aliphatic rings. The average Bonchev–Trinajstić information content (AvgIpc) is 2.58. The molecule has 2 rings (SSSR count). The monoisotopic (exact) mass is 152 g/mol. The summed E-state index contributed by atoms with van der Waals surface area (Å²) >= 11 is 0. The Kier molecular flexibility index (Phi) is 1.87. The summed E-state index contributed by atoms with van der Waals surface area (Å²) in [6, 6.07) is 0. The normalized spacial score (nSPS) is 25.3. The zero-order valence-corrected chi connectivity index (χ0v) is 6.16. The van der Waals surface area contributed by atoms with E-state index in [4.69, 9.17) is 4.74 Å². The van der Waals surface area contributed by atoms with Crippen molar-refractivity contribution in [3.63, 3.8) is 0 Å². The lowest BCUT2D eigenvalue weighted by molar-refractivity contribution is 0.0210. The molecule has 0 bridgehead atoms. The summed E-state index contributed by atoms with van der Waals surface area (Å²) in [5.74, 6) is 0.883. The van der Waals surface area contributed by atoms with Crippen molar-refractivity contribution in [1.29, 1.82) is 0 Å². The molecule has 1 aromatic rings. The first-order valence-corrected chi connectivity index (χ1v) is 3.71. The molecule has 0 aromatic carbocycles. The second kappa shape index (κ2) is 3.02. The minimum atomic E-state index is 0.0544. The Bertz CT molecular complexity index is 203. The predicted octanol–water partition coefficient (Wildman–Crippen LogP) is 0.0854. The Labute approximate surface area is 65.0 Å². The Balaban J connectivity index is 2.04. The highest BCUT2D eigenvalue weighted by Crippen LogP contribution is 2.13. The first kappa shape index (κ1) is 6.82. The van der Waals surface area contributed by atoms with Crippen molar-refractivity contribution in [2.45, 2.75) is 6.10 Å². The average molecular weight is 152 g/mol. The molecule has 0 saturated carbocycles. The number of aromatic amines is 1. The fourth-order valence-electron chi connectivity index (χ4n) is 1.14. The molecule has 4 nitrogen and oxygen atoms in total. The summed E-state index contributed by atoms with van der Waals surface area (Å²) in [4.78, 5) is 7.11. The van der Waals surface area contributed by atoms with Crippen LogP contribution in [0.2, 0.25) is 0 Å². The standard InChI is InChI=1S/C7H10N3O/c1-2-10-7(9-1)6-5-8-3-4-11-6/h1-2,6H,3-5H2,(H,9,10). The number of hydrogen-bond acceptors (Lipinski definition) is 2. The SMILES string of the molecule is c1c[nH]c(C2C[N]CCO2)n1. The number of H-pyrrole nitrogens is 1. The van der Waals surface area contributed by atoms with Crippen LogP contribution in [0.4, 0.5) is 0 Å². The zero-order valence-electron chi connectivity index (χ0n) is 6.16. The number of ether oxygens (including phenoxy) is 1. The van der Waals surface area contributed by atoms with E-state index in [1.165, 1.54) is 0 Å². The first-order valence-electron chi connectivity index (χ1n) is 3.71. The van der Waals surface area contributed by atoms with Crippen LogP contribution < -0.4 is 5.32 Å². The van der Waals surface area contributed by atoms with E-state index in [0.29, 0.717) is 6.61 Å². The summed E-state index contributed by atoms with van der Waals surface area (Å²) in [5.41, 5.74) is 0. The second-order valence-electron chi connectivity index (χ2n) is 2.46. The van der Waals surface area contributed by atoms with Crippen LogP contribution >= 0.6 is 0 Å². The summed E-state index contributed by atoms with van der Waals surface area (Å²) < 4.78 is 5.43. The topological polar surface area (TPSA) is 52.0 Å². The molecule has 0 amide bonds. The second-order valence-corrected chi connectivity index (χ2v) is 2.46. The van der Waals surface area contributed by atoms with Gasteiger partial charge in [0.05, 0.1) is 6.61 Å². The van der Waals surface area contributed by atoms with Crippen LogP contribution in [0.15, 0.2) is 12.4 Å². The molecule has 2 heterocycles. The molecule has 11 heavy (non-hydrogen) atoms. The maximum Gasteiger partial charge on any atom is 0.136 e. The van der Waals surface area contributed by atoms with Crippen LogP contribution in [0.3, 0.4) is 0 Å². The Morgan fingerprint density at radius 2 is 2.64 bits per heavy atom. The van der Waals surface area contributed by atoms with Crippen molar-refractivity contribution >= 4 is 0 Å². The molecular weight excluding hydrogens is 142 g/mol. The van der Waals surface area contributed by atoms with Crippen molar-refractivity contribution in [1.82, 2.24) is 15.3 Å². The van der Waals surface area contributed by atoms with Gasteiger partial charge in [0.25, 0.3) is 0 Å². The van der Waals surface area contributed by atoms with Gasteiger partial charge >= 0.3 is 0 Å². The Morgan fingerprint density at radius 1 is 1.64 bits per heavy atom. The largest absolute Gasteiger partial charge is 0.367 e. The lowest BCUT2D eigenvalue weighted by atomic mass is 10.3. The van der Waals surface area contributed by atoms with Crippen molar-refractivity contribution in [2.75, 3.05) is 19.7 Å². The van der Waals surface area contributed by atoms with Crippen molar-refractivity contribution in [2.24, 2.45) is 0 Å². The van der Waals surface area contributed by atoms with E-state index in [1.54, 1.807) is 12.4 Å². The zero-order chi connectivity index (χ0) is 7.52. The minimum absolute atomic E-state index is 0.0544. The van der Waals surface area contributed by atoms with Gasteiger partial charge in [0.15, 0.2) is 0 Å². The van der Waals surface area contributed by atoms with Crippen LogP contribution in [0.5, 0.6) is 0 Å². The Hall–Kier alpha value is -0.870. The minimum Gasteiger partial charge on any atom is -0.367 e. The molecule has 59 valence electrons. The van der Waals surface area contributed by atoms with Gasteiger partial charge in [-0.25, -0.2) is 10.3 Å². The highest BCUT2D eigenvalue weighted by molar-refractivity contribution is 4.94. The fraction of sp³-hybridized carbons (Fsp3) is 0.571. The van der Waals surface area contributed by atoms with Gasteiger partial charge in [-0.15, -0.1) is 0 Å². The van der Waals surface area contributed by atoms with Crippen LogP contribution in [-0.4, -0.2) is 29.7 Å². The fourth-order valence-corrected chi connectivity index (χ4v) is 1.14. The quantitative estimate of drug-likeness (QED) is 0.619. The first-order chi connectivity index (χ1) is 5.47. The van der Waals surface area contributed by atoms with E-state index >= 15 is 0 Å². The molecule has 1 radical (unpaired) electrons. The maximum atomic E-state index is 5.43. The van der Waals surface area contributed by atoms with E-state index < -0.39 is 0 Å². The molecule has 0 aliphatic carbocycles. The molecule has 1 aliphatic heterocycles. The molecule has 1 saturated heterocycles. The van der Waals surface area contributed by atoms with Gasteiger partial charge in [0.2, 0.25) is 0 Å². The number of rotatable bonds is 1. The van der Waals surface area contributed by atoms with Crippen molar-refractivity contribution in [3.8, 4) is 0 Å². The van der Waals surface area contributed by atoms with Gasteiger partial charge in [0, 0.05) is 25.5 Å². The van der Waals surface area contributed by atoms with Crippen LogP contribution in [0.1, 0.15) is 11.9 Å². The molecule has 1 aromatic heterocycles. The van der Waals surface area contributed by atoms with Crippen molar-refractivity contribution in [3.05, 3.63) is 18.2 Å². The van der Waals surface area contributed by atoms with E-state index in [-0.39, 0.29) is 6.10 Å². The molecule has 1 fully saturated rings. The molecule has 4 heteroatoms. The van der Waals surface area contributed by atoms with Gasteiger partial charge in [-0.3, -0.25) is 0 Å². The van der Waals surface area contributed by atoms with E-state index in [2.05, 4.69) is 15.3 Å². The summed E-state index contributed by atoms with van der Waals surface area (Å²) in [7, 11) is 0. The highest BCUT2D eigenvalue weighted by Gasteiger charge is 2.17. The van der Waals surface area contributed by atoms with Gasteiger partial charge in [-0.1, -0.05) is 0 Å². The number of nitrogens with one attached hydrogen (secondary N) is 1. The van der Waals surface area contributed by atoms with E-state index in [1.807, 2.05) is 0 Å². The predicted molar refractivity (Wildman–Crippen MR) is 39.1 cm³/mol. The molecule has 0 spiro atoms. The third-order valence-corrected chi connectivity index (χ3v) is 1.69. The summed E-state index contributed by atoms with van der Waals surface area (Å²) in [6.07, 6.45) is 3.58. The third-order valence-electron chi connectivity index (χ3n) is 1.69. The molecule has 1 N–H and O–H groups in total. The molecular formula is C7H10N3O. The number of aromatic nitrogens is 2. The third kappa shape index (κ3) is 1.41. The van der Waals surface area contributed by atoms with Gasteiger partial charge < -0.3 is 9.72 Å². The number of nitrogens with zero attached hydrogens (tertiary/aromatic N) is 2. The lowest BCUT2D eigenvalue weighted by Crippen LogP contribution is -2.28. The van der Waals surface area contributed by atoms with Gasteiger partial charge in [0.1, 0.15) is 11.9 Å². The van der Waals surface area contributed by atoms with Crippen molar-refractivity contribution < 1.29 is 4.74 Å². The summed E-state index contributed by atoms with van der Waals surface area (Å²) in [6.45, 7) is 2.26. The van der Waals surface area contributed by atoms with Gasteiger partial charge in [-0.2, -0.15) is 0 Å². The maximum absolute atomic E-state index is 5.43. The molecule has 1 atom stereocenters. The van der Waals surface area contributed by atoms with Crippen LogP contribution in [0, 0.1) is 0 Å². The van der Waals surface area contributed by atoms with Gasteiger partial charge in [-0.05, 0) is 0 Å². The molecule has 1 unspecified atom stereocenters. The van der Waals surface area contributed by atoms with E-state index in [9.17, 15) is 0 Å². The van der Waals surface area contributed by atoms with Crippen LogP contribution in [-0.2, 0) is 4.74 Å². The van der Waals surface area contributed by atoms with E-state index in [0.717, 1.165) is 18.9 Å². The Morgan fingerprint density at radius 3 is 3.27 bits per heavy atom. The number of morpholine rings is 1. The highest BCUT2D eigenvalue weighted by atomic mass is 16.5. The number of imidazole rings is 1. The number of hydrogen-bond donors (Lipinski definition) is 1. The lowest BCUT2D eigenvalue weighted by Gasteiger charge is -2.20.